The van der Waals surface area contributed by atoms with Crippen LogP contribution >= 0.6 is 11.6 Å². The van der Waals surface area contributed by atoms with Crippen molar-refractivity contribution in [3.63, 3.8) is 0 Å². The van der Waals surface area contributed by atoms with Crippen LogP contribution in [0.25, 0.3) is 0 Å². The van der Waals surface area contributed by atoms with E-state index in [0.29, 0.717) is 23.2 Å². The first-order valence-electron chi connectivity index (χ1n) is 6.24. The summed E-state index contributed by atoms with van der Waals surface area (Å²) in [6.45, 7) is 2.46. The van der Waals surface area contributed by atoms with Crippen molar-refractivity contribution >= 4 is 17.4 Å². The third-order valence-corrected chi connectivity index (χ3v) is 3.73. The summed E-state index contributed by atoms with van der Waals surface area (Å²) in [6, 6.07) is 7.74. The number of nitrogens with zero attached hydrogens (tertiary/aromatic N) is 2. The topological polar surface area (TPSA) is 23.6 Å². The van der Waals surface area contributed by atoms with Gasteiger partial charge in [0, 0.05) is 29.7 Å². The summed E-state index contributed by atoms with van der Waals surface area (Å²) in [6.07, 6.45) is 1.13. The minimum absolute atomic E-state index is 0.150. The van der Waals surface area contributed by atoms with Crippen LogP contribution in [0.2, 0.25) is 5.02 Å². The molecule has 0 saturated carbocycles. The van der Waals surface area contributed by atoms with Gasteiger partial charge in [-0.25, -0.2) is 0 Å². The molecular weight excluding hydrogens is 248 g/mol. The van der Waals surface area contributed by atoms with Crippen molar-refractivity contribution in [3.8, 4) is 0 Å². The number of rotatable bonds is 4. The Morgan fingerprint density at radius 3 is 2.89 bits per heavy atom. The third-order valence-electron chi connectivity index (χ3n) is 3.49. The summed E-state index contributed by atoms with van der Waals surface area (Å²) < 4.78 is 0. The van der Waals surface area contributed by atoms with Crippen molar-refractivity contribution in [2.45, 2.75) is 12.5 Å². The van der Waals surface area contributed by atoms with Gasteiger partial charge < -0.3 is 4.90 Å². The first-order valence-corrected chi connectivity index (χ1v) is 6.61. The molecule has 1 heterocycles. The van der Waals surface area contributed by atoms with E-state index < -0.39 is 0 Å². The van der Waals surface area contributed by atoms with Crippen molar-refractivity contribution in [1.29, 1.82) is 0 Å². The van der Waals surface area contributed by atoms with Gasteiger partial charge in [-0.15, -0.1) is 0 Å². The molecule has 1 atom stereocenters. The largest absolute Gasteiger partial charge is 0.305 e. The molecule has 2 rings (SSSR count). The van der Waals surface area contributed by atoms with E-state index in [2.05, 4.69) is 23.9 Å². The number of hydrogen-bond acceptors (Lipinski definition) is 3. The smallest absolute Gasteiger partial charge is 0.176 e. The van der Waals surface area contributed by atoms with Crippen molar-refractivity contribution in [2.75, 3.05) is 33.7 Å². The van der Waals surface area contributed by atoms with Gasteiger partial charge in [0.25, 0.3) is 0 Å². The molecule has 98 valence electrons. The molecule has 1 unspecified atom stereocenters. The van der Waals surface area contributed by atoms with E-state index in [1.807, 2.05) is 12.1 Å². The summed E-state index contributed by atoms with van der Waals surface area (Å²) >= 11 is 5.90. The summed E-state index contributed by atoms with van der Waals surface area (Å²) in [7, 11) is 4.18. The van der Waals surface area contributed by atoms with Crippen molar-refractivity contribution < 1.29 is 4.79 Å². The number of halogens is 1. The number of likely N-dealkylation sites (N-methyl/N-ethyl adjacent to an activating group) is 1. The van der Waals surface area contributed by atoms with Gasteiger partial charge in [0.05, 0.1) is 6.54 Å². The molecule has 0 aromatic heterocycles. The van der Waals surface area contributed by atoms with E-state index in [0.717, 1.165) is 19.5 Å². The summed E-state index contributed by atoms with van der Waals surface area (Å²) in [5, 5.41) is 0.619. The Kier molecular flexibility index (Phi) is 4.38. The van der Waals surface area contributed by atoms with Crippen LogP contribution in [-0.2, 0) is 0 Å². The molecule has 18 heavy (non-hydrogen) atoms. The van der Waals surface area contributed by atoms with Crippen LogP contribution in [-0.4, -0.2) is 55.4 Å². The van der Waals surface area contributed by atoms with Gasteiger partial charge in [-0.2, -0.15) is 0 Å². The molecule has 0 amide bonds. The second-order valence-corrected chi connectivity index (χ2v) is 5.51. The highest BCUT2D eigenvalue weighted by atomic mass is 35.5. The van der Waals surface area contributed by atoms with Crippen LogP contribution in [0.3, 0.4) is 0 Å². The van der Waals surface area contributed by atoms with Gasteiger partial charge in [-0.05, 0) is 32.6 Å². The minimum atomic E-state index is 0.150. The molecule has 1 aliphatic heterocycles. The molecule has 1 aliphatic rings. The maximum absolute atomic E-state index is 12.1. The van der Waals surface area contributed by atoms with Crippen LogP contribution in [0.5, 0.6) is 0 Å². The number of Topliss-reactive ketones (excluding diaryl/α,β-unsaturated/α-hetero) is 1. The first-order chi connectivity index (χ1) is 8.56. The molecule has 1 fully saturated rings. The van der Waals surface area contributed by atoms with Gasteiger partial charge in [0.15, 0.2) is 5.78 Å². The van der Waals surface area contributed by atoms with Crippen molar-refractivity contribution in [2.24, 2.45) is 0 Å². The number of ketones is 1. The minimum Gasteiger partial charge on any atom is -0.305 e. The zero-order valence-corrected chi connectivity index (χ0v) is 11.7. The number of likely N-dealkylation sites (tertiary alicyclic amines) is 1. The number of carbonyl (C=O) groups is 1. The first kappa shape index (κ1) is 13.5. The number of hydrogen-bond donors (Lipinski definition) is 0. The highest BCUT2D eigenvalue weighted by Gasteiger charge is 2.25. The lowest BCUT2D eigenvalue weighted by Gasteiger charge is -2.19. The van der Waals surface area contributed by atoms with Gasteiger partial charge in [-0.1, -0.05) is 23.7 Å². The van der Waals surface area contributed by atoms with Crippen LogP contribution in [0, 0.1) is 0 Å². The van der Waals surface area contributed by atoms with Gasteiger partial charge >= 0.3 is 0 Å². The molecule has 0 bridgehead atoms. The summed E-state index contributed by atoms with van der Waals surface area (Å²) in [5.74, 6) is 0.150. The van der Waals surface area contributed by atoms with Gasteiger partial charge in [-0.3, -0.25) is 9.69 Å². The standard InChI is InChI=1S/C14H19ClN2O/c1-16(2)13-6-7-17(9-13)10-14(18)11-4-3-5-12(15)8-11/h3-5,8,13H,6-7,9-10H2,1-2H3. The van der Waals surface area contributed by atoms with E-state index in [9.17, 15) is 4.79 Å². The third kappa shape index (κ3) is 3.31. The summed E-state index contributed by atoms with van der Waals surface area (Å²) in [4.78, 5) is 16.6. The molecule has 0 N–H and O–H groups in total. The predicted octanol–water partition coefficient (Wildman–Crippen LogP) is 2.16. The Balaban J connectivity index is 1.93. The molecule has 3 nitrogen and oxygen atoms in total. The van der Waals surface area contributed by atoms with Crippen LogP contribution < -0.4 is 0 Å². The second-order valence-electron chi connectivity index (χ2n) is 5.07. The molecule has 1 aromatic rings. The average molecular weight is 267 g/mol. The van der Waals surface area contributed by atoms with Crippen LogP contribution in [0.4, 0.5) is 0 Å². The van der Waals surface area contributed by atoms with E-state index in [4.69, 9.17) is 11.6 Å². The van der Waals surface area contributed by atoms with Crippen molar-refractivity contribution in [1.82, 2.24) is 9.80 Å². The zero-order valence-electron chi connectivity index (χ0n) is 10.9. The fraction of sp³-hybridized carbons (Fsp3) is 0.500. The molecule has 1 aromatic carbocycles. The molecular formula is C14H19ClN2O. The fourth-order valence-corrected chi connectivity index (χ4v) is 2.52. The van der Waals surface area contributed by atoms with Gasteiger partial charge in [0.1, 0.15) is 0 Å². The molecule has 0 spiro atoms. The lowest BCUT2D eigenvalue weighted by Crippen LogP contribution is -2.33. The van der Waals surface area contributed by atoms with E-state index >= 15 is 0 Å². The zero-order chi connectivity index (χ0) is 13.1. The maximum Gasteiger partial charge on any atom is 0.176 e. The van der Waals surface area contributed by atoms with Gasteiger partial charge in [0.2, 0.25) is 0 Å². The Labute approximate surface area is 113 Å². The Hall–Kier alpha value is -0.900. The Bertz CT molecular complexity index is 434. The van der Waals surface area contributed by atoms with E-state index in [-0.39, 0.29) is 5.78 Å². The predicted molar refractivity (Wildman–Crippen MR) is 74.3 cm³/mol. The fourth-order valence-electron chi connectivity index (χ4n) is 2.33. The summed E-state index contributed by atoms with van der Waals surface area (Å²) in [5.41, 5.74) is 0.704. The number of benzene rings is 1. The lowest BCUT2D eigenvalue weighted by molar-refractivity contribution is 0.0941. The molecule has 4 heteroatoms. The van der Waals surface area contributed by atoms with Crippen LogP contribution in [0.1, 0.15) is 16.8 Å². The van der Waals surface area contributed by atoms with Crippen LogP contribution in [0.15, 0.2) is 24.3 Å². The Morgan fingerprint density at radius 1 is 1.50 bits per heavy atom. The average Bonchev–Trinajstić information content (AvgIpc) is 2.77. The van der Waals surface area contributed by atoms with E-state index in [1.165, 1.54) is 0 Å². The maximum atomic E-state index is 12.1. The molecule has 1 saturated heterocycles. The monoisotopic (exact) mass is 266 g/mol. The van der Waals surface area contributed by atoms with Crippen molar-refractivity contribution in [3.05, 3.63) is 34.9 Å². The SMILES string of the molecule is CN(C)C1CCN(CC(=O)c2cccc(Cl)c2)C1. The lowest BCUT2D eigenvalue weighted by atomic mass is 10.1. The second kappa shape index (κ2) is 5.83. The van der Waals surface area contributed by atoms with E-state index in [1.54, 1.807) is 12.1 Å². The Morgan fingerprint density at radius 2 is 2.28 bits per heavy atom. The quantitative estimate of drug-likeness (QED) is 0.781. The highest BCUT2D eigenvalue weighted by molar-refractivity contribution is 6.31. The highest BCUT2D eigenvalue weighted by Crippen LogP contribution is 2.15. The normalized spacial score (nSPS) is 20.6. The molecule has 0 radical (unpaired) electrons. The number of carbonyl (C=O) groups excluding carboxylic acids is 1. The molecule has 0 aliphatic carbocycles.